The molecule has 0 spiro atoms. The van der Waals surface area contributed by atoms with E-state index in [4.69, 9.17) is 5.73 Å². The van der Waals surface area contributed by atoms with Gasteiger partial charge < -0.3 is 21.5 Å². The normalized spacial score (nSPS) is 14.2. The van der Waals surface area contributed by atoms with Crippen molar-refractivity contribution in [1.29, 1.82) is 0 Å². The van der Waals surface area contributed by atoms with E-state index in [1.165, 1.54) is 0 Å². The maximum Gasteiger partial charge on any atom is 0.223 e. The van der Waals surface area contributed by atoms with Gasteiger partial charge in [0.25, 0.3) is 0 Å². The zero-order valence-corrected chi connectivity index (χ0v) is 12.2. The van der Waals surface area contributed by atoms with E-state index in [0.717, 1.165) is 13.0 Å². The van der Waals surface area contributed by atoms with Gasteiger partial charge in [0.1, 0.15) is 11.6 Å². The standard InChI is InChI=1S/C13H25N5O/c1-5-15-10-6-11(18-12(14)17-10)16-8-13(4,19)7-9(2)3/h6,9,19H,5,7-8H2,1-4H3,(H4,14,15,16,17,18). The van der Waals surface area contributed by atoms with Gasteiger partial charge in [-0.25, -0.2) is 0 Å². The van der Waals surface area contributed by atoms with Crippen molar-refractivity contribution in [3.63, 3.8) is 0 Å². The van der Waals surface area contributed by atoms with Gasteiger partial charge in [0, 0.05) is 19.2 Å². The van der Waals surface area contributed by atoms with E-state index in [9.17, 15) is 5.11 Å². The summed E-state index contributed by atoms with van der Waals surface area (Å²) in [7, 11) is 0. The number of hydrogen-bond donors (Lipinski definition) is 4. The average molecular weight is 267 g/mol. The molecule has 0 saturated carbocycles. The van der Waals surface area contributed by atoms with Crippen LogP contribution in [0.25, 0.3) is 0 Å². The molecule has 1 atom stereocenters. The van der Waals surface area contributed by atoms with Crippen molar-refractivity contribution in [2.24, 2.45) is 5.92 Å². The summed E-state index contributed by atoms with van der Waals surface area (Å²) in [4.78, 5) is 8.17. The highest BCUT2D eigenvalue weighted by atomic mass is 16.3. The third-order valence-corrected chi connectivity index (χ3v) is 2.60. The molecule has 5 N–H and O–H groups in total. The summed E-state index contributed by atoms with van der Waals surface area (Å²) in [5.41, 5.74) is 4.87. The molecule has 0 bridgehead atoms. The fraction of sp³-hybridized carbons (Fsp3) is 0.692. The second-order valence-electron chi connectivity index (χ2n) is 5.48. The highest BCUT2D eigenvalue weighted by Crippen LogP contribution is 2.18. The molecule has 6 heteroatoms. The first kappa shape index (κ1) is 15.5. The first-order chi connectivity index (χ1) is 8.82. The molecule has 0 radical (unpaired) electrons. The lowest BCUT2D eigenvalue weighted by atomic mass is 9.94. The highest BCUT2D eigenvalue weighted by Gasteiger charge is 2.21. The predicted molar refractivity (Wildman–Crippen MR) is 79.2 cm³/mol. The van der Waals surface area contributed by atoms with Crippen LogP contribution in [0.2, 0.25) is 0 Å². The Kier molecular flexibility index (Phi) is 5.35. The van der Waals surface area contributed by atoms with Crippen molar-refractivity contribution in [2.45, 2.75) is 39.7 Å². The number of nitrogens with one attached hydrogen (secondary N) is 2. The Labute approximate surface area is 114 Å². The van der Waals surface area contributed by atoms with Crippen molar-refractivity contribution in [3.05, 3.63) is 6.07 Å². The van der Waals surface area contributed by atoms with Crippen LogP contribution in [-0.2, 0) is 0 Å². The summed E-state index contributed by atoms with van der Waals surface area (Å²) >= 11 is 0. The third kappa shape index (κ3) is 5.74. The Morgan fingerprint density at radius 2 is 1.89 bits per heavy atom. The Hall–Kier alpha value is -1.56. The van der Waals surface area contributed by atoms with E-state index < -0.39 is 5.60 Å². The van der Waals surface area contributed by atoms with Gasteiger partial charge >= 0.3 is 0 Å². The summed E-state index contributed by atoms with van der Waals surface area (Å²) in [5, 5.41) is 16.4. The molecule has 0 aromatic carbocycles. The van der Waals surface area contributed by atoms with Crippen molar-refractivity contribution in [1.82, 2.24) is 9.97 Å². The minimum Gasteiger partial charge on any atom is -0.388 e. The maximum absolute atomic E-state index is 10.2. The number of nitrogens with two attached hydrogens (primary N) is 1. The Morgan fingerprint density at radius 3 is 2.42 bits per heavy atom. The number of aromatic nitrogens is 2. The second-order valence-corrected chi connectivity index (χ2v) is 5.48. The molecule has 1 rings (SSSR count). The molecule has 0 saturated heterocycles. The Bertz CT molecular complexity index is 406. The van der Waals surface area contributed by atoms with Gasteiger partial charge in [-0.3, -0.25) is 0 Å². The first-order valence-corrected chi connectivity index (χ1v) is 6.67. The highest BCUT2D eigenvalue weighted by molar-refractivity contribution is 5.51. The fourth-order valence-corrected chi connectivity index (χ4v) is 2.06. The molecule has 0 fully saturated rings. The second kappa shape index (κ2) is 6.56. The molecular formula is C13H25N5O. The zero-order valence-electron chi connectivity index (χ0n) is 12.2. The average Bonchev–Trinajstić information content (AvgIpc) is 2.24. The first-order valence-electron chi connectivity index (χ1n) is 6.67. The number of rotatable bonds is 7. The molecule has 6 nitrogen and oxygen atoms in total. The van der Waals surface area contributed by atoms with Gasteiger partial charge in [-0.15, -0.1) is 0 Å². The van der Waals surface area contributed by atoms with Crippen LogP contribution in [0, 0.1) is 5.92 Å². The van der Waals surface area contributed by atoms with Gasteiger partial charge in [-0.1, -0.05) is 13.8 Å². The van der Waals surface area contributed by atoms with Crippen LogP contribution < -0.4 is 16.4 Å². The van der Waals surface area contributed by atoms with Crippen LogP contribution in [0.15, 0.2) is 6.07 Å². The quantitative estimate of drug-likeness (QED) is 0.600. The van der Waals surface area contributed by atoms with Crippen LogP contribution in [0.5, 0.6) is 0 Å². The lowest BCUT2D eigenvalue weighted by Crippen LogP contribution is -2.35. The Morgan fingerprint density at radius 1 is 1.32 bits per heavy atom. The van der Waals surface area contributed by atoms with E-state index in [0.29, 0.717) is 24.1 Å². The number of nitrogen functional groups attached to an aromatic ring is 1. The molecule has 1 heterocycles. The lowest BCUT2D eigenvalue weighted by Gasteiger charge is -2.25. The van der Waals surface area contributed by atoms with E-state index in [1.807, 2.05) is 13.8 Å². The van der Waals surface area contributed by atoms with E-state index in [1.54, 1.807) is 6.07 Å². The van der Waals surface area contributed by atoms with Crippen LogP contribution in [0.1, 0.15) is 34.1 Å². The van der Waals surface area contributed by atoms with Crippen LogP contribution in [-0.4, -0.2) is 33.8 Å². The lowest BCUT2D eigenvalue weighted by molar-refractivity contribution is 0.0515. The van der Waals surface area contributed by atoms with Crippen molar-refractivity contribution < 1.29 is 5.11 Å². The number of hydrogen-bond acceptors (Lipinski definition) is 6. The maximum atomic E-state index is 10.2. The summed E-state index contributed by atoms with van der Waals surface area (Å²) < 4.78 is 0. The minimum absolute atomic E-state index is 0.212. The van der Waals surface area contributed by atoms with Gasteiger partial charge in [-0.2, -0.15) is 9.97 Å². The molecular weight excluding hydrogens is 242 g/mol. The van der Waals surface area contributed by atoms with Crippen LogP contribution in [0.4, 0.5) is 17.6 Å². The SMILES string of the molecule is CCNc1cc(NCC(C)(O)CC(C)C)nc(N)n1. The molecule has 0 amide bonds. The molecule has 1 aromatic heterocycles. The van der Waals surface area contributed by atoms with Gasteiger partial charge in [0.05, 0.1) is 5.60 Å². The monoisotopic (exact) mass is 267 g/mol. The van der Waals surface area contributed by atoms with Gasteiger partial charge in [0.2, 0.25) is 5.95 Å². The topological polar surface area (TPSA) is 96.1 Å². The van der Waals surface area contributed by atoms with Gasteiger partial charge in [0.15, 0.2) is 0 Å². The molecule has 19 heavy (non-hydrogen) atoms. The van der Waals surface area contributed by atoms with E-state index in [-0.39, 0.29) is 5.95 Å². The van der Waals surface area contributed by atoms with Crippen LogP contribution >= 0.6 is 0 Å². The largest absolute Gasteiger partial charge is 0.388 e. The summed E-state index contributed by atoms with van der Waals surface area (Å²) in [6, 6.07) is 1.78. The molecule has 0 aliphatic heterocycles. The van der Waals surface area contributed by atoms with E-state index >= 15 is 0 Å². The third-order valence-electron chi connectivity index (χ3n) is 2.60. The smallest absolute Gasteiger partial charge is 0.223 e. The van der Waals surface area contributed by atoms with Crippen molar-refractivity contribution >= 4 is 17.6 Å². The van der Waals surface area contributed by atoms with E-state index in [2.05, 4.69) is 34.4 Å². The zero-order chi connectivity index (χ0) is 14.5. The molecule has 1 unspecified atom stereocenters. The molecule has 0 aliphatic carbocycles. The summed E-state index contributed by atoms with van der Waals surface area (Å²) in [6.07, 6.45) is 0.723. The minimum atomic E-state index is -0.772. The van der Waals surface area contributed by atoms with Crippen molar-refractivity contribution in [2.75, 3.05) is 29.5 Å². The number of anilines is 3. The molecule has 1 aromatic rings. The summed E-state index contributed by atoms with van der Waals surface area (Å²) in [5.74, 6) is 1.95. The predicted octanol–water partition coefficient (Wildman–Crippen LogP) is 1.70. The van der Waals surface area contributed by atoms with Crippen LogP contribution in [0.3, 0.4) is 0 Å². The fourth-order valence-electron chi connectivity index (χ4n) is 2.06. The van der Waals surface area contributed by atoms with Crippen molar-refractivity contribution in [3.8, 4) is 0 Å². The number of nitrogens with zero attached hydrogens (tertiary/aromatic N) is 2. The summed E-state index contributed by atoms with van der Waals surface area (Å²) in [6.45, 7) is 9.16. The van der Waals surface area contributed by atoms with Gasteiger partial charge in [-0.05, 0) is 26.2 Å². The Balaban J connectivity index is 2.66. The number of aliphatic hydroxyl groups is 1. The molecule has 0 aliphatic rings. The molecule has 108 valence electrons.